The first-order valence-electron chi connectivity index (χ1n) is 15.7. The SMILES string of the molecule is CCC[CH2][Sn]([CH2]CCC)[CH2]CCC.[Sn][c]1nc(N2CCOCC2)c2nc(CN3CC(N4CCOCC4)C3)sc2n1. The summed E-state index contributed by atoms with van der Waals surface area (Å²) >= 11 is 2.13. The van der Waals surface area contributed by atoms with E-state index in [0.717, 1.165) is 97.3 Å². The van der Waals surface area contributed by atoms with E-state index in [2.05, 4.69) is 40.5 Å². The van der Waals surface area contributed by atoms with Gasteiger partial charge in [-0.05, 0) is 0 Å². The fraction of sp³-hybridized carbons (Fsp3) is 0.828. The number of thiazole rings is 1. The van der Waals surface area contributed by atoms with E-state index in [1.807, 2.05) is 0 Å². The fourth-order valence-corrected chi connectivity index (χ4v) is 16.9. The Kier molecular flexibility index (Phi) is 15.0. The van der Waals surface area contributed by atoms with E-state index in [9.17, 15) is 0 Å². The zero-order chi connectivity index (χ0) is 28.2. The number of aromatic nitrogens is 3. The first-order valence-corrected chi connectivity index (χ1v) is 24.0. The Hall–Kier alpha value is 0.207. The third-order valence-electron chi connectivity index (χ3n) is 8.11. The van der Waals surface area contributed by atoms with Gasteiger partial charge in [-0.1, -0.05) is 0 Å². The first-order chi connectivity index (χ1) is 19.6. The van der Waals surface area contributed by atoms with Crippen LogP contribution < -0.4 is 8.74 Å². The molecule has 8 nitrogen and oxygen atoms in total. The van der Waals surface area contributed by atoms with E-state index in [1.54, 1.807) is 24.6 Å². The minimum absolute atomic E-state index is 0.679. The number of hydrogen-bond donors (Lipinski definition) is 0. The summed E-state index contributed by atoms with van der Waals surface area (Å²) in [6.45, 7) is 17.3. The van der Waals surface area contributed by atoms with Crippen LogP contribution in [-0.2, 0) is 16.0 Å². The maximum absolute atomic E-state index is 5.49. The van der Waals surface area contributed by atoms with Crippen molar-refractivity contribution in [3.63, 3.8) is 0 Å². The molecule has 0 spiro atoms. The Balaban J connectivity index is 0.000000243. The van der Waals surface area contributed by atoms with Gasteiger partial charge in [-0.2, -0.15) is 0 Å². The van der Waals surface area contributed by atoms with Crippen LogP contribution in [0.4, 0.5) is 5.82 Å². The predicted octanol–water partition coefficient (Wildman–Crippen LogP) is 4.11. The molecule has 3 fully saturated rings. The summed E-state index contributed by atoms with van der Waals surface area (Å²) in [5.74, 6) is 0.993. The molecule has 0 N–H and O–H groups in total. The molecule has 0 bridgehead atoms. The molecule has 4 radical (unpaired) electrons. The average molecular weight is 784 g/mol. The van der Waals surface area contributed by atoms with Gasteiger partial charge in [-0.3, -0.25) is 0 Å². The summed E-state index contributed by atoms with van der Waals surface area (Å²) in [5.41, 5.74) is 0.966. The number of fused-ring (bicyclic) bond motifs is 1. The van der Waals surface area contributed by atoms with Crippen molar-refractivity contribution in [2.75, 3.05) is 70.6 Å². The van der Waals surface area contributed by atoms with E-state index in [-0.39, 0.29) is 0 Å². The molecule has 0 unspecified atom stereocenters. The van der Waals surface area contributed by atoms with Crippen molar-refractivity contribution < 1.29 is 9.47 Å². The molecule has 2 aromatic rings. The molecule has 3 aliphatic rings. The number of likely N-dealkylation sites (tertiary alicyclic amines) is 1. The van der Waals surface area contributed by atoms with Crippen molar-refractivity contribution in [3.8, 4) is 0 Å². The van der Waals surface area contributed by atoms with Crippen molar-refractivity contribution >= 4 is 73.6 Å². The molecule has 0 atom stereocenters. The second-order valence-electron chi connectivity index (χ2n) is 11.3. The van der Waals surface area contributed by atoms with Crippen LogP contribution in [0.2, 0.25) is 13.3 Å². The number of nitrogens with zero attached hydrogens (tertiary/aromatic N) is 6. The third-order valence-corrected chi connectivity index (χ3v) is 18.8. The molecule has 40 heavy (non-hydrogen) atoms. The van der Waals surface area contributed by atoms with Crippen LogP contribution in [0.25, 0.3) is 10.3 Å². The molecular weight excluding hydrogens is 734 g/mol. The van der Waals surface area contributed by atoms with Gasteiger partial charge in [0.25, 0.3) is 0 Å². The molecule has 3 saturated heterocycles. The number of unbranched alkanes of at least 4 members (excludes halogenated alkanes) is 3. The number of anilines is 1. The van der Waals surface area contributed by atoms with E-state index in [4.69, 9.17) is 19.4 Å². The molecule has 0 aromatic carbocycles. The molecule has 2 aromatic heterocycles. The molecular formula is C29H50N6O2SSn2. The van der Waals surface area contributed by atoms with Gasteiger partial charge >= 0.3 is 264 Å². The zero-order valence-corrected chi connectivity index (χ0v) is 31.7. The van der Waals surface area contributed by atoms with Gasteiger partial charge < -0.3 is 4.74 Å². The second kappa shape index (κ2) is 18.1. The van der Waals surface area contributed by atoms with Crippen LogP contribution in [0.15, 0.2) is 0 Å². The fourth-order valence-electron chi connectivity index (χ4n) is 5.61. The van der Waals surface area contributed by atoms with Gasteiger partial charge in [0.1, 0.15) is 0 Å². The summed E-state index contributed by atoms with van der Waals surface area (Å²) in [6, 6.07) is 0.679. The molecule has 5 rings (SSSR count). The molecule has 0 saturated carbocycles. The van der Waals surface area contributed by atoms with Crippen LogP contribution in [0.1, 0.15) is 64.3 Å². The van der Waals surface area contributed by atoms with Gasteiger partial charge in [0.05, 0.1) is 0 Å². The number of rotatable bonds is 13. The van der Waals surface area contributed by atoms with Crippen LogP contribution in [0, 0.1) is 0 Å². The van der Waals surface area contributed by atoms with E-state index in [1.165, 1.54) is 61.0 Å². The Morgan fingerprint density at radius 2 is 1.40 bits per heavy atom. The molecule has 11 heteroatoms. The Labute approximate surface area is 266 Å². The van der Waals surface area contributed by atoms with Crippen molar-refractivity contribution in [3.05, 3.63) is 5.01 Å². The Bertz CT molecular complexity index is 977. The molecule has 0 amide bonds. The normalized spacial score (nSPS) is 19.2. The summed E-state index contributed by atoms with van der Waals surface area (Å²) in [6.07, 6.45) is 8.85. The molecule has 0 aliphatic carbocycles. The summed E-state index contributed by atoms with van der Waals surface area (Å²) in [5, 5.41) is 1.15. The molecule has 222 valence electrons. The van der Waals surface area contributed by atoms with Crippen LogP contribution in [0.5, 0.6) is 0 Å². The zero-order valence-electron chi connectivity index (χ0n) is 25.1. The number of ether oxygens (including phenoxy) is 2. The minimum atomic E-state index is -0.839. The van der Waals surface area contributed by atoms with Crippen LogP contribution in [0.3, 0.4) is 0 Å². The quantitative estimate of drug-likeness (QED) is 0.282. The van der Waals surface area contributed by atoms with Crippen molar-refractivity contribution in [1.82, 2.24) is 24.8 Å². The summed E-state index contributed by atoms with van der Waals surface area (Å²) in [4.78, 5) is 22.7. The predicted molar refractivity (Wildman–Crippen MR) is 170 cm³/mol. The van der Waals surface area contributed by atoms with Gasteiger partial charge in [0.15, 0.2) is 0 Å². The average Bonchev–Trinajstić information content (AvgIpc) is 3.37. The van der Waals surface area contributed by atoms with Crippen molar-refractivity contribution in [1.29, 1.82) is 0 Å². The summed E-state index contributed by atoms with van der Waals surface area (Å²) in [7, 11) is 0. The first kappa shape index (κ1) is 33.1. The summed E-state index contributed by atoms with van der Waals surface area (Å²) < 4.78 is 16.9. The van der Waals surface area contributed by atoms with Crippen LogP contribution in [-0.4, -0.2) is 139 Å². The van der Waals surface area contributed by atoms with E-state index < -0.39 is 19.8 Å². The second-order valence-corrected chi connectivity index (χ2v) is 22.2. The standard InChI is InChI=1S/C17H23N6O2S.3C4H9.2Sn/c1-5-24-6-2-22(1)13-9-21(10-13)11-14-20-15-16(18-12-19-17(15)26-14)23-3-7-25-8-4-23;3*1-3-4-2;;/h13H,1-11H2;3*1,3-4H2,2H3;;. The van der Waals surface area contributed by atoms with Crippen molar-refractivity contribution in [2.24, 2.45) is 0 Å². The number of hydrogen-bond acceptors (Lipinski definition) is 9. The molecule has 5 heterocycles. The van der Waals surface area contributed by atoms with Crippen LogP contribution >= 0.6 is 11.3 Å². The van der Waals surface area contributed by atoms with Gasteiger partial charge in [0.2, 0.25) is 0 Å². The third kappa shape index (κ3) is 10.1. The topological polar surface area (TPSA) is 66.9 Å². The monoisotopic (exact) mass is 786 g/mol. The molecule has 3 aliphatic heterocycles. The maximum atomic E-state index is 5.49. The van der Waals surface area contributed by atoms with Crippen molar-refractivity contribution in [2.45, 2.75) is 85.2 Å². The van der Waals surface area contributed by atoms with E-state index in [0.29, 0.717) is 6.04 Å². The Morgan fingerprint density at radius 3 is 1.98 bits per heavy atom. The Morgan fingerprint density at radius 1 is 0.825 bits per heavy atom. The van der Waals surface area contributed by atoms with Gasteiger partial charge in [0, 0.05) is 0 Å². The van der Waals surface area contributed by atoms with Gasteiger partial charge in [-0.15, -0.1) is 0 Å². The number of morpholine rings is 2. The van der Waals surface area contributed by atoms with E-state index >= 15 is 0 Å². The van der Waals surface area contributed by atoms with Gasteiger partial charge in [-0.25, -0.2) is 0 Å².